The zero-order valence-electron chi connectivity index (χ0n) is 8.48. The summed E-state index contributed by atoms with van der Waals surface area (Å²) in [5, 5.41) is 9.65. The lowest BCUT2D eigenvalue weighted by atomic mass is 9.89. The molecular formula is C10H14O4. The average molecular weight is 198 g/mol. The normalized spacial score (nSPS) is 24.5. The molecule has 1 N–H and O–H groups in total. The van der Waals surface area contributed by atoms with Gasteiger partial charge in [-0.25, -0.2) is 0 Å². The van der Waals surface area contributed by atoms with Crippen LogP contribution in [0, 0.1) is 5.92 Å². The van der Waals surface area contributed by atoms with E-state index in [-0.39, 0.29) is 11.5 Å². The Labute approximate surface area is 82.8 Å². The molecule has 1 unspecified atom stereocenters. The van der Waals surface area contributed by atoms with E-state index < -0.39 is 11.7 Å². The summed E-state index contributed by atoms with van der Waals surface area (Å²) < 4.78 is 10.2. The number of ether oxygens (including phenoxy) is 2. The Kier molecular flexibility index (Phi) is 3.08. The van der Waals surface area contributed by atoms with Crippen LogP contribution in [0.3, 0.4) is 0 Å². The first kappa shape index (κ1) is 10.9. The quantitative estimate of drug-likeness (QED) is 0.692. The smallest absolute Gasteiger partial charge is 0.240 e. The minimum atomic E-state index is -1.36. The fourth-order valence-corrected chi connectivity index (χ4v) is 1.61. The van der Waals surface area contributed by atoms with Gasteiger partial charge in [-0.15, -0.1) is 0 Å². The number of aliphatic hydroxyl groups is 1. The Bertz CT molecular complexity index is 286. The van der Waals surface area contributed by atoms with Gasteiger partial charge in [0.1, 0.15) is 5.78 Å². The summed E-state index contributed by atoms with van der Waals surface area (Å²) in [7, 11) is 2.78. The molecule has 0 fully saturated rings. The molecule has 4 heteroatoms. The van der Waals surface area contributed by atoms with E-state index in [0.717, 1.165) is 0 Å². The number of methoxy groups -OCH3 is 2. The third-order valence-corrected chi connectivity index (χ3v) is 2.37. The lowest BCUT2D eigenvalue weighted by molar-refractivity contribution is -0.219. The van der Waals surface area contributed by atoms with Crippen LogP contribution in [0.2, 0.25) is 0 Å². The Hall–Kier alpha value is -1.13. The third-order valence-electron chi connectivity index (χ3n) is 2.37. The maximum Gasteiger partial charge on any atom is 0.240 e. The number of ketones is 1. The molecule has 0 bridgehead atoms. The molecule has 0 aliphatic heterocycles. The third kappa shape index (κ3) is 1.47. The number of carbonyl (C=O) groups is 1. The minimum Gasteiger partial charge on any atom is -0.507 e. The number of rotatable bonds is 3. The van der Waals surface area contributed by atoms with Gasteiger partial charge in [0, 0.05) is 14.2 Å². The maximum atomic E-state index is 11.3. The molecule has 0 saturated heterocycles. The number of hydrogen-bond donors (Lipinski definition) is 1. The molecule has 0 heterocycles. The average Bonchev–Trinajstić information content (AvgIpc) is 2.17. The molecule has 0 spiro atoms. The summed E-state index contributed by atoms with van der Waals surface area (Å²) in [6.07, 6.45) is 4.71. The fraction of sp³-hybridized carbons (Fsp3) is 0.500. The highest BCUT2D eigenvalue weighted by molar-refractivity contribution is 5.82. The molecule has 0 aromatic heterocycles. The largest absolute Gasteiger partial charge is 0.507 e. The van der Waals surface area contributed by atoms with Crippen LogP contribution >= 0.6 is 0 Å². The van der Waals surface area contributed by atoms with Crippen LogP contribution < -0.4 is 0 Å². The Morgan fingerprint density at radius 3 is 2.43 bits per heavy atom. The second kappa shape index (κ2) is 3.94. The van der Waals surface area contributed by atoms with Gasteiger partial charge in [0.2, 0.25) is 5.79 Å². The highest BCUT2D eigenvalue weighted by Gasteiger charge is 2.46. The second-order valence-corrected chi connectivity index (χ2v) is 3.10. The topological polar surface area (TPSA) is 55.8 Å². The van der Waals surface area contributed by atoms with Gasteiger partial charge >= 0.3 is 0 Å². The summed E-state index contributed by atoms with van der Waals surface area (Å²) in [4.78, 5) is 11.3. The van der Waals surface area contributed by atoms with Crippen molar-refractivity contribution >= 4 is 5.78 Å². The van der Waals surface area contributed by atoms with Crippen molar-refractivity contribution in [3.05, 3.63) is 24.0 Å². The predicted molar refractivity (Wildman–Crippen MR) is 50.8 cm³/mol. The van der Waals surface area contributed by atoms with Crippen LogP contribution in [0.15, 0.2) is 24.0 Å². The molecule has 1 aliphatic carbocycles. The summed E-state index contributed by atoms with van der Waals surface area (Å²) in [6.45, 7) is 1.43. The van der Waals surface area contributed by atoms with Crippen molar-refractivity contribution in [3.8, 4) is 0 Å². The van der Waals surface area contributed by atoms with Crippen LogP contribution in [-0.2, 0) is 14.3 Å². The lowest BCUT2D eigenvalue weighted by Gasteiger charge is -2.36. The van der Waals surface area contributed by atoms with Gasteiger partial charge in [0.15, 0.2) is 5.76 Å². The minimum absolute atomic E-state index is 0.0924. The zero-order chi connectivity index (χ0) is 10.8. The Balaban J connectivity index is 3.13. The van der Waals surface area contributed by atoms with Gasteiger partial charge < -0.3 is 14.6 Å². The van der Waals surface area contributed by atoms with Crippen molar-refractivity contribution in [3.63, 3.8) is 0 Å². The highest BCUT2D eigenvalue weighted by Crippen LogP contribution is 2.33. The molecule has 14 heavy (non-hydrogen) atoms. The first-order valence-electron chi connectivity index (χ1n) is 4.27. The van der Waals surface area contributed by atoms with Gasteiger partial charge in [-0.3, -0.25) is 4.79 Å². The molecule has 0 amide bonds. The lowest BCUT2D eigenvalue weighted by Crippen LogP contribution is -2.47. The van der Waals surface area contributed by atoms with E-state index in [0.29, 0.717) is 0 Å². The zero-order valence-corrected chi connectivity index (χ0v) is 8.48. The maximum absolute atomic E-state index is 11.3. The van der Waals surface area contributed by atoms with Gasteiger partial charge in [-0.2, -0.15) is 0 Å². The molecule has 78 valence electrons. The first-order chi connectivity index (χ1) is 6.58. The molecule has 0 radical (unpaired) electrons. The van der Waals surface area contributed by atoms with E-state index in [9.17, 15) is 9.90 Å². The van der Waals surface area contributed by atoms with E-state index in [1.807, 2.05) is 0 Å². The standard InChI is InChI=1S/C10H14O4/c1-7(11)8-5-4-6-9(12)10(8,13-2)14-3/h4-6,8,12H,1-3H3. The van der Waals surface area contributed by atoms with Crippen molar-refractivity contribution in [1.29, 1.82) is 0 Å². The molecule has 0 aromatic carbocycles. The summed E-state index contributed by atoms with van der Waals surface area (Å²) >= 11 is 0. The first-order valence-corrected chi connectivity index (χ1v) is 4.27. The van der Waals surface area contributed by atoms with Crippen LogP contribution in [0.5, 0.6) is 0 Å². The van der Waals surface area contributed by atoms with Crippen molar-refractivity contribution in [1.82, 2.24) is 0 Å². The molecule has 0 saturated carbocycles. The SMILES string of the molecule is COC1(OC)C(O)=CC=CC1C(C)=O. The predicted octanol–water partition coefficient (Wildman–Crippen LogP) is 1.19. The van der Waals surface area contributed by atoms with Crippen LogP contribution in [-0.4, -0.2) is 30.9 Å². The van der Waals surface area contributed by atoms with Crippen molar-refractivity contribution in [2.24, 2.45) is 5.92 Å². The molecule has 1 atom stereocenters. The van der Waals surface area contributed by atoms with Crippen molar-refractivity contribution in [2.75, 3.05) is 14.2 Å². The van der Waals surface area contributed by atoms with Gasteiger partial charge in [0.25, 0.3) is 0 Å². The van der Waals surface area contributed by atoms with Crippen molar-refractivity contribution in [2.45, 2.75) is 12.7 Å². The second-order valence-electron chi connectivity index (χ2n) is 3.10. The molecule has 1 rings (SSSR count). The number of aliphatic hydroxyl groups excluding tert-OH is 1. The van der Waals surface area contributed by atoms with E-state index in [2.05, 4.69) is 0 Å². The number of Topliss-reactive ketones (excluding diaryl/α,β-unsaturated/α-hetero) is 1. The summed E-state index contributed by atoms with van der Waals surface area (Å²) in [6, 6.07) is 0. The number of carbonyl (C=O) groups excluding carboxylic acids is 1. The molecule has 1 aliphatic rings. The van der Waals surface area contributed by atoms with E-state index in [4.69, 9.17) is 9.47 Å². The van der Waals surface area contributed by atoms with E-state index >= 15 is 0 Å². The highest BCUT2D eigenvalue weighted by atomic mass is 16.7. The van der Waals surface area contributed by atoms with Crippen molar-refractivity contribution < 1.29 is 19.4 Å². The van der Waals surface area contributed by atoms with Crippen LogP contribution in [0.1, 0.15) is 6.92 Å². The number of hydrogen-bond acceptors (Lipinski definition) is 4. The van der Waals surface area contributed by atoms with Crippen LogP contribution in [0.25, 0.3) is 0 Å². The molecule has 0 aromatic rings. The Morgan fingerprint density at radius 2 is 2.07 bits per heavy atom. The fourth-order valence-electron chi connectivity index (χ4n) is 1.61. The van der Waals surface area contributed by atoms with E-state index in [1.54, 1.807) is 12.2 Å². The Morgan fingerprint density at radius 1 is 1.50 bits per heavy atom. The molecule has 4 nitrogen and oxygen atoms in total. The number of allylic oxidation sites excluding steroid dienone is 2. The van der Waals surface area contributed by atoms with Crippen LogP contribution in [0.4, 0.5) is 0 Å². The monoisotopic (exact) mass is 198 g/mol. The molecular weight excluding hydrogens is 184 g/mol. The van der Waals surface area contributed by atoms with Gasteiger partial charge in [-0.05, 0) is 13.0 Å². The van der Waals surface area contributed by atoms with E-state index in [1.165, 1.54) is 27.2 Å². The van der Waals surface area contributed by atoms with Gasteiger partial charge in [0.05, 0.1) is 5.92 Å². The van der Waals surface area contributed by atoms with Gasteiger partial charge in [-0.1, -0.05) is 12.2 Å². The summed E-state index contributed by atoms with van der Waals surface area (Å²) in [5.74, 6) is -2.18. The summed E-state index contributed by atoms with van der Waals surface area (Å²) in [5.41, 5.74) is 0.